The lowest BCUT2D eigenvalue weighted by molar-refractivity contribution is -0.141. The van der Waals surface area contributed by atoms with Crippen LogP contribution in [0.15, 0.2) is 79.0 Å². The molecule has 1 fully saturated rings. The molecule has 0 saturated heterocycles. The van der Waals surface area contributed by atoms with Crippen LogP contribution in [0.2, 0.25) is 0 Å². The zero-order valence-corrected chi connectivity index (χ0v) is 32.4. The monoisotopic (exact) mass is 812 g/mol. The maximum absolute atomic E-state index is 13.1. The molecular weight excluding hydrogens is 770 g/mol. The maximum atomic E-state index is 13.1. The molecule has 0 bridgehead atoms. The average Bonchev–Trinajstić information content (AvgIpc) is 3.63. The molecule has 7 rings (SSSR count). The van der Waals surface area contributed by atoms with Gasteiger partial charge in [0.25, 0.3) is 11.8 Å². The van der Waals surface area contributed by atoms with Crippen LogP contribution in [0.3, 0.4) is 0 Å². The number of imide groups is 1. The van der Waals surface area contributed by atoms with E-state index in [9.17, 15) is 32.3 Å². The van der Waals surface area contributed by atoms with Gasteiger partial charge in [0.2, 0.25) is 5.91 Å². The number of ether oxygens (including phenoxy) is 2. The highest BCUT2D eigenvalue weighted by Crippen LogP contribution is 2.36. The molecule has 0 spiro atoms. The number of nitrogens with zero attached hydrogens (tertiary/aromatic N) is 4. The number of halogens is 3. The number of carbonyl (C=O) groups excluding carboxylic acids is 4. The number of hydrogen-bond donors (Lipinski definition) is 4. The molecule has 0 radical (unpaired) electrons. The largest absolute Gasteiger partial charge is 0.494 e. The van der Waals surface area contributed by atoms with Gasteiger partial charge in [0.1, 0.15) is 28.6 Å². The molecule has 0 atom stereocenters. The van der Waals surface area contributed by atoms with E-state index < -0.39 is 23.7 Å². The van der Waals surface area contributed by atoms with Crippen LogP contribution in [0.1, 0.15) is 69.4 Å². The fourth-order valence-corrected chi connectivity index (χ4v) is 7.44. The predicted molar refractivity (Wildman–Crippen MR) is 211 cm³/mol. The van der Waals surface area contributed by atoms with Gasteiger partial charge in [-0.15, -0.1) is 0 Å². The molecule has 2 aromatic heterocycles. The zero-order valence-electron chi connectivity index (χ0n) is 32.4. The third kappa shape index (κ3) is 9.97. The van der Waals surface area contributed by atoms with Crippen molar-refractivity contribution in [3.63, 3.8) is 0 Å². The van der Waals surface area contributed by atoms with Crippen LogP contribution >= 0.6 is 0 Å². The normalized spacial score (nSPS) is 16.6. The van der Waals surface area contributed by atoms with Crippen molar-refractivity contribution in [1.29, 1.82) is 0 Å². The van der Waals surface area contributed by atoms with Crippen molar-refractivity contribution in [2.24, 2.45) is 5.92 Å². The number of alkyl halides is 3. The van der Waals surface area contributed by atoms with E-state index in [1.165, 1.54) is 13.2 Å². The van der Waals surface area contributed by atoms with E-state index in [-0.39, 0.29) is 30.1 Å². The first-order chi connectivity index (χ1) is 28.3. The summed E-state index contributed by atoms with van der Waals surface area (Å²) in [6.45, 7) is 2.37. The van der Waals surface area contributed by atoms with Crippen molar-refractivity contribution in [2.45, 2.75) is 50.9 Å². The van der Waals surface area contributed by atoms with Gasteiger partial charge in [0, 0.05) is 43.8 Å². The van der Waals surface area contributed by atoms with E-state index in [1.807, 2.05) is 30.1 Å². The molecule has 308 valence electrons. The molecule has 2 aliphatic rings. The van der Waals surface area contributed by atoms with Crippen LogP contribution in [-0.4, -0.2) is 77.2 Å². The number of rotatable bonds is 13. The summed E-state index contributed by atoms with van der Waals surface area (Å²) in [5, 5.41) is 16.3. The minimum absolute atomic E-state index is 0.115. The second kappa shape index (κ2) is 17.6. The summed E-state index contributed by atoms with van der Waals surface area (Å²) in [6, 6.07) is 18.8. The van der Waals surface area contributed by atoms with Crippen LogP contribution < -0.4 is 30.7 Å². The first kappa shape index (κ1) is 40.7. The molecule has 4 N–H and O–H groups in total. The number of nitrogens with one attached hydrogen (secondary N) is 4. The Hall–Kier alpha value is -6.49. The van der Waals surface area contributed by atoms with Crippen molar-refractivity contribution in [1.82, 2.24) is 35.6 Å². The number of benzene rings is 3. The summed E-state index contributed by atoms with van der Waals surface area (Å²) >= 11 is 0. The molecule has 5 aromatic rings. The van der Waals surface area contributed by atoms with E-state index in [0.29, 0.717) is 65.1 Å². The van der Waals surface area contributed by atoms with Crippen molar-refractivity contribution in [3.8, 4) is 17.2 Å². The highest BCUT2D eigenvalue weighted by Gasteiger charge is 2.33. The Kier molecular flexibility index (Phi) is 12.1. The molecule has 17 heteroatoms. The Bertz CT molecular complexity index is 2360. The van der Waals surface area contributed by atoms with Crippen LogP contribution in [0.5, 0.6) is 17.2 Å². The molecule has 14 nitrogen and oxygen atoms in total. The smallest absolute Gasteiger partial charge is 0.433 e. The number of likely N-dealkylation sites (N-methyl/N-ethyl adjacent to an activating group) is 1. The van der Waals surface area contributed by atoms with Gasteiger partial charge in [-0.05, 0) is 86.2 Å². The van der Waals surface area contributed by atoms with E-state index in [2.05, 4.69) is 31.2 Å². The molecule has 59 heavy (non-hydrogen) atoms. The van der Waals surface area contributed by atoms with Gasteiger partial charge in [-0.2, -0.15) is 18.3 Å². The van der Waals surface area contributed by atoms with Gasteiger partial charge in [0.15, 0.2) is 0 Å². The number of amides is 5. The Morgan fingerprint density at radius 3 is 2.47 bits per heavy atom. The topological polar surface area (TPSA) is 169 Å². The van der Waals surface area contributed by atoms with Gasteiger partial charge in [-0.3, -0.25) is 24.4 Å². The number of aromatic nitrogens is 3. The summed E-state index contributed by atoms with van der Waals surface area (Å²) in [5.41, 5.74) is 1.27. The van der Waals surface area contributed by atoms with Crippen LogP contribution in [-0.2, 0) is 23.9 Å². The number of anilines is 1. The summed E-state index contributed by atoms with van der Waals surface area (Å²) in [6.07, 6.45) is 1.21. The SMILES string of the molecule is COc1cc2nn([C@H]3CC[C@H](CN(C)CCNC(=O)NCc4ccc(Oc5cccc6c5C(=O)NC(=O)C6)cc4)CC3)cc2cc1NC(=O)c1cccc(C(F)(F)F)n1. The van der Waals surface area contributed by atoms with Crippen molar-refractivity contribution >= 4 is 40.3 Å². The lowest BCUT2D eigenvalue weighted by Crippen LogP contribution is -2.40. The Labute approximate surface area is 337 Å². The number of hydrogen-bond acceptors (Lipinski definition) is 9. The summed E-state index contributed by atoms with van der Waals surface area (Å²) < 4.78 is 52.8. The van der Waals surface area contributed by atoms with Crippen LogP contribution in [0.4, 0.5) is 23.7 Å². The summed E-state index contributed by atoms with van der Waals surface area (Å²) in [4.78, 5) is 55.2. The lowest BCUT2D eigenvalue weighted by Gasteiger charge is -2.31. The van der Waals surface area contributed by atoms with Crippen molar-refractivity contribution in [3.05, 3.63) is 107 Å². The zero-order chi connectivity index (χ0) is 41.7. The van der Waals surface area contributed by atoms with Crippen LogP contribution in [0, 0.1) is 5.92 Å². The van der Waals surface area contributed by atoms with Gasteiger partial charge in [-0.1, -0.05) is 30.3 Å². The molecule has 5 amide bonds. The fourth-order valence-electron chi connectivity index (χ4n) is 7.44. The number of urea groups is 1. The van der Waals surface area contributed by atoms with Crippen molar-refractivity contribution in [2.75, 3.05) is 39.1 Å². The highest BCUT2D eigenvalue weighted by atomic mass is 19.4. The fraction of sp³-hybridized carbons (Fsp3) is 0.333. The molecular formula is C42H43F3N8O6. The predicted octanol–water partition coefficient (Wildman–Crippen LogP) is 6.48. The molecule has 0 unspecified atom stereocenters. The Morgan fingerprint density at radius 1 is 0.966 bits per heavy atom. The first-order valence-electron chi connectivity index (χ1n) is 19.2. The van der Waals surface area contributed by atoms with E-state index in [0.717, 1.165) is 55.3 Å². The van der Waals surface area contributed by atoms with Gasteiger partial charge in [0.05, 0.1) is 36.3 Å². The highest BCUT2D eigenvalue weighted by molar-refractivity contribution is 6.11. The minimum Gasteiger partial charge on any atom is -0.494 e. The standard InChI is InChI=1S/C42H43F3N8O6/c1-52(18-17-46-41(57)47-22-25-11-15-30(16-12-25)59-34-7-3-5-27-20-37(54)50-40(56)38(27)34)23-26-9-13-29(14-10-26)53-24-28-19-33(35(58-2)21-32(28)51-53)49-39(55)31-6-4-8-36(48-31)42(43,44)45/h3-8,11-12,15-16,19,21,24,26,29H,9-10,13-14,17-18,20,22-23H2,1-2H3,(H,49,55)(H2,46,47,57)(H,50,54,56)/t26-,29-. The average molecular weight is 813 g/mol. The summed E-state index contributed by atoms with van der Waals surface area (Å²) in [7, 11) is 3.48. The summed E-state index contributed by atoms with van der Waals surface area (Å²) in [5.74, 6) is 0.0696. The van der Waals surface area contributed by atoms with E-state index in [4.69, 9.17) is 14.6 Å². The van der Waals surface area contributed by atoms with Gasteiger partial charge >= 0.3 is 12.2 Å². The number of fused-ring (bicyclic) bond motifs is 2. The molecule has 3 heterocycles. The second-order valence-corrected chi connectivity index (χ2v) is 14.7. The number of methoxy groups -OCH3 is 1. The first-order valence-corrected chi connectivity index (χ1v) is 19.2. The van der Waals surface area contributed by atoms with Crippen LogP contribution in [0.25, 0.3) is 10.9 Å². The lowest BCUT2D eigenvalue weighted by atomic mass is 9.86. The molecule has 1 aliphatic carbocycles. The van der Waals surface area contributed by atoms with Gasteiger partial charge in [-0.25, -0.2) is 9.78 Å². The minimum atomic E-state index is -4.68. The van der Waals surface area contributed by atoms with E-state index in [1.54, 1.807) is 42.5 Å². The van der Waals surface area contributed by atoms with Gasteiger partial charge < -0.3 is 30.3 Å². The maximum Gasteiger partial charge on any atom is 0.433 e. The third-order valence-electron chi connectivity index (χ3n) is 10.5. The third-order valence-corrected chi connectivity index (χ3v) is 10.5. The Balaban J connectivity index is 0.826. The molecule has 1 aliphatic heterocycles. The number of carbonyl (C=O) groups is 4. The second-order valence-electron chi connectivity index (χ2n) is 14.7. The molecule has 1 saturated carbocycles. The van der Waals surface area contributed by atoms with E-state index >= 15 is 0 Å². The number of pyridine rings is 1. The Morgan fingerprint density at radius 2 is 1.73 bits per heavy atom. The molecule has 3 aromatic carbocycles. The van der Waals surface area contributed by atoms with Crippen molar-refractivity contribution < 1.29 is 41.8 Å². The quantitative estimate of drug-likeness (QED) is 0.0974.